The maximum absolute atomic E-state index is 5.89. The lowest BCUT2D eigenvalue weighted by molar-refractivity contribution is 1.31. The van der Waals surface area contributed by atoms with E-state index in [9.17, 15) is 0 Å². The van der Waals surface area contributed by atoms with Crippen LogP contribution in [-0.4, -0.2) is 9.97 Å². The van der Waals surface area contributed by atoms with Crippen LogP contribution in [0.25, 0.3) is 10.8 Å². The lowest BCUT2D eigenvalue weighted by Gasteiger charge is -2.10. The van der Waals surface area contributed by atoms with Crippen molar-refractivity contribution >= 4 is 39.6 Å². The van der Waals surface area contributed by atoms with Gasteiger partial charge >= 0.3 is 0 Å². The van der Waals surface area contributed by atoms with Crippen molar-refractivity contribution in [1.82, 2.24) is 9.97 Å². The first-order valence-corrected chi connectivity index (χ1v) is 6.13. The first-order valence-electron chi connectivity index (χ1n) is 5.76. The van der Waals surface area contributed by atoms with Gasteiger partial charge in [0.15, 0.2) is 5.82 Å². The summed E-state index contributed by atoms with van der Waals surface area (Å²) in [7, 11) is 0. The van der Waals surface area contributed by atoms with Crippen molar-refractivity contribution in [2.45, 2.75) is 0 Å². The second-order valence-electron chi connectivity index (χ2n) is 4.10. The Balaban J connectivity index is 2.08. The zero-order valence-corrected chi connectivity index (χ0v) is 10.7. The largest absolute Gasteiger partial charge is 0.396 e. The van der Waals surface area contributed by atoms with Gasteiger partial charge in [0.25, 0.3) is 0 Å². The maximum Gasteiger partial charge on any atom is 0.155 e. The Kier molecular flexibility index (Phi) is 2.93. The number of rotatable bonds is 2. The molecular weight excluding hydrogens is 260 g/mol. The molecule has 5 heteroatoms. The van der Waals surface area contributed by atoms with Crippen molar-refractivity contribution in [3.8, 4) is 0 Å². The highest BCUT2D eigenvalue weighted by Crippen LogP contribution is 2.28. The molecule has 0 spiro atoms. The second-order valence-corrected chi connectivity index (χ2v) is 4.49. The molecule has 19 heavy (non-hydrogen) atoms. The first kappa shape index (κ1) is 11.7. The number of nitrogen functional groups attached to an aromatic ring is 1. The molecule has 0 amide bonds. The third-order valence-electron chi connectivity index (χ3n) is 2.83. The highest BCUT2D eigenvalue weighted by molar-refractivity contribution is 6.29. The lowest BCUT2D eigenvalue weighted by atomic mass is 10.1. The summed E-state index contributed by atoms with van der Waals surface area (Å²) < 4.78 is 0. The summed E-state index contributed by atoms with van der Waals surface area (Å²) in [5.41, 5.74) is 7.35. The zero-order chi connectivity index (χ0) is 13.2. The Hall–Kier alpha value is -2.33. The average molecular weight is 271 g/mol. The van der Waals surface area contributed by atoms with Gasteiger partial charge in [-0.3, -0.25) is 4.98 Å². The van der Waals surface area contributed by atoms with Crippen LogP contribution in [-0.2, 0) is 0 Å². The molecule has 0 radical (unpaired) electrons. The van der Waals surface area contributed by atoms with Gasteiger partial charge < -0.3 is 11.1 Å². The van der Waals surface area contributed by atoms with E-state index in [-0.39, 0.29) is 0 Å². The van der Waals surface area contributed by atoms with Crippen LogP contribution in [0, 0.1) is 0 Å². The molecule has 94 valence electrons. The van der Waals surface area contributed by atoms with Crippen molar-refractivity contribution in [2.75, 3.05) is 11.1 Å². The van der Waals surface area contributed by atoms with E-state index in [0.29, 0.717) is 16.7 Å². The Morgan fingerprint density at radius 2 is 2.00 bits per heavy atom. The molecule has 2 heterocycles. The summed E-state index contributed by atoms with van der Waals surface area (Å²) >= 11 is 5.88. The fraction of sp³-hybridized carbons (Fsp3) is 0. The molecular formula is C14H11ClN4. The van der Waals surface area contributed by atoms with E-state index in [4.69, 9.17) is 17.3 Å². The number of anilines is 3. The molecule has 3 rings (SSSR count). The monoisotopic (exact) mass is 270 g/mol. The van der Waals surface area contributed by atoms with Crippen LogP contribution in [0.5, 0.6) is 0 Å². The van der Waals surface area contributed by atoms with E-state index >= 15 is 0 Å². The number of pyridine rings is 2. The van der Waals surface area contributed by atoms with E-state index in [2.05, 4.69) is 15.3 Å². The summed E-state index contributed by atoms with van der Waals surface area (Å²) in [6.45, 7) is 0. The lowest BCUT2D eigenvalue weighted by Crippen LogP contribution is -1.99. The standard InChI is InChI=1S/C14H11ClN4/c15-13-5-4-11(16)14(19-13)18-12-3-1-2-9-8-17-7-6-10(9)12/h1-8H,16H2,(H,18,19). The molecule has 3 aromatic rings. The normalized spacial score (nSPS) is 10.6. The molecule has 0 unspecified atom stereocenters. The topological polar surface area (TPSA) is 63.8 Å². The molecule has 0 aliphatic carbocycles. The molecule has 1 aromatic carbocycles. The molecule has 0 aliphatic heterocycles. The van der Waals surface area contributed by atoms with Gasteiger partial charge in [-0.1, -0.05) is 23.7 Å². The van der Waals surface area contributed by atoms with Crippen molar-refractivity contribution < 1.29 is 0 Å². The number of aromatic nitrogens is 2. The number of benzene rings is 1. The summed E-state index contributed by atoms with van der Waals surface area (Å²) in [6, 6.07) is 11.2. The smallest absolute Gasteiger partial charge is 0.155 e. The number of nitrogens with zero attached hydrogens (tertiary/aromatic N) is 2. The third kappa shape index (κ3) is 2.30. The molecule has 0 aliphatic rings. The van der Waals surface area contributed by atoms with Crippen LogP contribution in [0.3, 0.4) is 0 Å². The van der Waals surface area contributed by atoms with Crippen LogP contribution < -0.4 is 11.1 Å². The SMILES string of the molecule is Nc1ccc(Cl)nc1Nc1cccc2cnccc12. The predicted octanol–water partition coefficient (Wildman–Crippen LogP) is 3.61. The van der Waals surface area contributed by atoms with Crippen molar-refractivity contribution in [1.29, 1.82) is 0 Å². The van der Waals surface area contributed by atoms with Gasteiger partial charge in [-0.05, 0) is 24.3 Å². The van der Waals surface area contributed by atoms with E-state index in [1.54, 1.807) is 18.3 Å². The number of nitrogens with two attached hydrogens (primary N) is 1. The van der Waals surface area contributed by atoms with Crippen molar-refractivity contribution in [2.24, 2.45) is 0 Å². The van der Waals surface area contributed by atoms with Gasteiger partial charge in [-0.2, -0.15) is 0 Å². The van der Waals surface area contributed by atoms with Crippen LogP contribution in [0.2, 0.25) is 5.15 Å². The first-order chi connectivity index (χ1) is 9.24. The number of hydrogen-bond acceptors (Lipinski definition) is 4. The molecule has 0 atom stereocenters. The highest BCUT2D eigenvalue weighted by Gasteiger charge is 2.05. The Labute approximate surface area is 115 Å². The van der Waals surface area contributed by atoms with Crippen molar-refractivity contribution in [3.05, 3.63) is 53.9 Å². The average Bonchev–Trinajstić information content (AvgIpc) is 2.43. The highest BCUT2D eigenvalue weighted by atomic mass is 35.5. The quantitative estimate of drug-likeness (QED) is 0.698. The van der Waals surface area contributed by atoms with Gasteiger partial charge in [0.1, 0.15) is 5.15 Å². The summed E-state index contributed by atoms with van der Waals surface area (Å²) in [5.74, 6) is 0.553. The van der Waals surface area contributed by atoms with Gasteiger partial charge in [0, 0.05) is 28.9 Å². The summed E-state index contributed by atoms with van der Waals surface area (Å²) in [4.78, 5) is 8.29. The minimum atomic E-state index is 0.401. The van der Waals surface area contributed by atoms with E-state index in [0.717, 1.165) is 16.5 Å². The minimum absolute atomic E-state index is 0.401. The molecule has 4 nitrogen and oxygen atoms in total. The summed E-state index contributed by atoms with van der Waals surface area (Å²) in [5, 5.41) is 5.71. The van der Waals surface area contributed by atoms with Crippen LogP contribution in [0.4, 0.5) is 17.2 Å². The fourth-order valence-electron chi connectivity index (χ4n) is 1.91. The van der Waals surface area contributed by atoms with E-state index in [1.165, 1.54) is 0 Å². The molecule has 0 saturated carbocycles. The van der Waals surface area contributed by atoms with Gasteiger partial charge in [0.2, 0.25) is 0 Å². The molecule has 0 saturated heterocycles. The fourth-order valence-corrected chi connectivity index (χ4v) is 2.05. The second kappa shape index (κ2) is 4.74. The molecule has 0 bridgehead atoms. The molecule has 0 fully saturated rings. The van der Waals surface area contributed by atoms with E-state index < -0.39 is 0 Å². The van der Waals surface area contributed by atoms with Crippen LogP contribution >= 0.6 is 11.6 Å². The van der Waals surface area contributed by atoms with Gasteiger partial charge in [-0.25, -0.2) is 4.98 Å². The van der Waals surface area contributed by atoms with Crippen molar-refractivity contribution in [3.63, 3.8) is 0 Å². The van der Waals surface area contributed by atoms with E-state index in [1.807, 2.05) is 30.5 Å². The number of hydrogen-bond donors (Lipinski definition) is 2. The maximum atomic E-state index is 5.89. The minimum Gasteiger partial charge on any atom is -0.396 e. The summed E-state index contributed by atoms with van der Waals surface area (Å²) in [6.07, 6.45) is 3.57. The van der Waals surface area contributed by atoms with Crippen LogP contribution in [0.1, 0.15) is 0 Å². The Morgan fingerprint density at radius 3 is 2.89 bits per heavy atom. The number of nitrogens with one attached hydrogen (secondary N) is 1. The number of fused-ring (bicyclic) bond motifs is 1. The van der Waals surface area contributed by atoms with Crippen LogP contribution in [0.15, 0.2) is 48.8 Å². The van der Waals surface area contributed by atoms with Gasteiger partial charge in [-0.15, -0.1) is 0 Å². The zero-order valence-electron chi connectivity index (χ0n) is 9.97. The predicted molar refractivity (Wildman–Crippen MR) is 78.7 cm³/mol. The molecule has 3 N–H and O–H groups in total. The Morgan fingerprint density at radius 1 is 1.11 bits per heavy atom. The number of halogens is 1. The third-order valence-corrected chi connectivity index (χ3v) is 3.04. The van der Waals surface area contributed by atoms with Gasteiger partial charge in [0.05, 0.1) is 5.69 Å². The molecule has 2 aromatic heterocycles. The Bertz CT molecular complexity index is 737.